The number of methoxy groups -OCH3 is 1. The lowest BCUT2D eigenvalue weighted by molar-refractivity contribution is -0.133. The standard InChI is InChI=1S/C31H31N5O3S/c1-39-30(38)28(29-32-24-16-7-8-17-25(24)33-29)26(37)19-40-31-35-34-27(36(31)22-13-3-2-4-14-22)18-21-12-9-11-20-10-5-6-15-23(20)21/h5-12,15-17,22,37H,2-4,13-14,18-19H2,1H3,(H,32,33)/b28-26+. The molecule has 9 heteroatoms. The van der Waals surface area contributed by atoms with Crippen molar-refractivity contribution in [1.29, 1.82) is 0 Å². The number of benzene rings is 3. The van der Waals surface area contributed by atoms with E-state index in [1.165, 1.54) is 54.5 Å². The third kappa shape index (κ3) is 5.21. The fraction of sp³-hybridized carbons (Fsp3) is 0.290. The van der Waals surface area contributed by atoms with Gasteiger partial charge in [0.2, 0.25) is 0 Å². The molecule has 0 aliphatic heterocycles. The monoisotopic (exact) mass is 553 g/mol. The SMILES string of the molecule is COC(=O)/C(=C(/O)CSc1nnc(Cc2cccc3ccccc23)n1C1CCCCC1)c1nc2ccccc2[nH]1. The second-order valence-corrected chi connectivity index (χ2v) is 11.0. The molecule has 204 valence electrons. The summed E-state index contributed by atoms with van der Waals surface area (Å²) in [6.07, 6.45) is 6.39. The summed E-state index contributed by atoms with van der Waals surface area (Å²) in [4.78, 5) is 20.4. The van der Waals surface area contributed by atoms with E-state index in [0.717, 1.165) is 29.3 Å². The van der Waals surface area contributed by atoms with Crippen molar-refractivity contribution in [3.63, 3.8) is 0 Å². The molecule has 2 heterocycles. The highest BCUT2D eigenvalue weighted by molar-refractivity contribution is 7.99. The normalized spacial score (nSPS) is 14.9. The van der Waals surface area contributed by atoms with Crippen LogP contribution < -0.4 is 0 Å². The van der Waals surface area contributed by atoms with Crippen molar-refractivity contribution in [1.82, 2.24) is 24.7 Å². The molecular weight excluding hydrogens is 522 g/mol. The summed E-state index contributed by atoms with van der Waals surface area (Å²) < 4.78 is 7.26. The van der Waals surface area contributed by atoms with E-state index in [2.05, 4.69) is 67.2 Å². The number of aliphatic hydroxyl groups is 1. The van der Waals surface area contributed by atoms with E-state index < -0.39 is 5.97 Å². The molecule has 0 radical (unpaired) electrons. The van der Waals surface area contributed by atoms with Crippen LogP contribution in [-0.2, 0) is 16.0 Å². The van der Waals surface area contributed by atoms with Crippen LogP contribution in [0, 0.1) is 0 Å². The number of thioether (sulfide) groups is 1. The van der Waals surface area contributed by atoms with Gasteiger partial charge in [-0.05, 0) is 41.3 Å². The minimum atomic E-state index is -0.650. The van der Waals surface area contributed by atoms with Gasteiger partial charge >= 0.3 is 5.97 Å². The first-order valence-corrected chi connectivity index (χ1v) is 14.6. The number of aliphatic hydroxyl groups excluding tert-OH is 1. The third-order valence-electron chi connectivity index (χ3n) is 7.55. The molecule has 0 bridgehead atoms. The molecule has 6 rings (SSSR count). The summed E-state index contributed by atoms with van der Waals surface area (Å²) in [5, 5.41) is 23.5. The lowest BCUT2D eigenvalue weighted by atomic mass is 9.95. The number of carbonyl (C=O) groups excluding carboxylic acids is 1. The average molecular weight is 554 g/mol. The first-order valence-electron chi connectivity index (χ1n) is 13.6. The van der Waals surface area contributed by atoms with Crippen molar-refractivity contribution >= 4 is 45.1 Å². The lowest BCUT2D eigenvalue weighted by Gasteiger charge is -2.25. The van der Waals surface area contributed by atoms with Crippen LogP contribution in [0.25, 0.3) is 27.4 Å². The average Bonchev–Trinajstić information content (AvgIpc) is 3.60. The number of para-hydroxylation sites is 2. The van der Waals surface area contributed by atoms with Crippen molar-refractivity contribution in [2.24, 2.45) is 0 Å². The molecule has 0 amide bonds. The smallest absolute Gasteiger partial charge is 0.345 e. The second-order valence-electron chi connectivity index (χ2n) is 10.1. The Labute approximate surface area is 236 Å². The molecule has 1 fully saturated rings. The van der Waals surface area contributed by atoms with E-state index in [4.69, 9.17) is 4.74 Å². The molecule has 1 saturated carbocycles. The van der Waals surface area contributed by atoms with E-state index in [1.54, 1.807) is 0 Å². The topological polar surface area (TPSA) is 106 Å². The predicted molar refractivity (Wildman–Crippen MR) is 157 cm³/mol. The Morgan fingerprint density at radius 2 is 1.80 bits per heavy atom. The summed E-state index contributed by atoms with van der Waals surface area (Å²) in [7, 11) is 1.30. The number of carbonyl (C=O) groups is 1. The molecule has 3 aromatic carbocycles. The number of imidazole rings is 1. The maximum atomic E-state index is 12.7. The Balaban J connectivity index is 1.33. The zero-order valence-electron chi connectivity index (χ0n) is 22.3. The Hall–Kier alpha value is -4.11. The zero-order valence-corrected chi connectivity index (χ0v) is 23.2. The largest absolute Gasteiger partial charge is 0.510 e. The number of nitrogens with one attached hydrogen (secondary N) is 1. The van der Waals surface area contributed by atoms with Gasteiger partial charge in [-0.1, -0.05) is 85.6 Å². The highest BCUT2D eigenvalue weighted by atomic mass is 32.2. The minimum Gasteiger partial charge on any atom is -0.510 e. The van der Waals surface area contributed by atoms with Crippen LogP contribution >= 0.6 is 11.8 Å². The van der Waals surface area contributed by atoms with Crippen LogP contribution in [-0.4, -0.2) is 48.7 Å². The Kier molecular flexibility index (Phi) is 7.55. The quantitative estimate of drug-likeness (QED) is 0.0960. The van der Waals surface area contributed by atoms with Gasteiger partial charge in [0, 0.05) is 12.5 Å². The Morgan fingerprint density at radius 1 is 1.02 bits per heavy atom. The number of aromatic amines is 1. The van der Waals surface area contributed by atoms with Crippen molar-refractivity contribution in [2.45, 2.75) is 49.7 Å². The molecule has 8 nitrogen and oxygen atoms in total. The maximum Gasteiger partial charge on any atom is 0.345 e. The molecule has 2 aromatic heterocycles. The van der Waals surface area contributed by atoms with Gasteiger partial charge in [0.15, 0.2) is 5.16 Å². The van der Waals surface area contributed by atoms with Gasteiger partial charge in [-0.2, -0.15) is 0 Å². The zero-order chi connectivity index (χ0) is 27.5. The number of esters is 1. The fourth-order valence-electron chi connectivity index (χ4n) is 5.58. The first-order chi connectivity index (χ1) is 19.6. The van der Waals surface area contributed by atoms with Crippen LogP contribution in [0.2, 0.25) is 0 Å². The highest BCUT2D eigenvalue weighted by Gasteiger charge is 2.26. The molecule has 2 N–H and O–H groups in total. The van der Waals surface area contributed by atoms with Gasteiger partial charge in [-0.3, -0.25) is 0 Å². The number of hydrogen-bond acceptors (Lipinski definition) is 7. The van der Waals surface area contributed by atoms with Crippen LogP contribution in [0.1, 0.15) is 55.4 Å². The molecular formula is C31H31N5O3S. The van der Waals surface area contributed by atoms with Crippen LogP contribution in [0.4, 0.5) is 0 Å². The fourth-order valence-corrected chi connectivity index (χ4v) is 6.48. The van der Waals surface area contributed by atoms with Crippen LogP contribution in [0.15, 0.2) is 77.6 Å². The number of rotatable bonds is 8. The van der Waals surface area contributed by atoms with E-state index in [9.17, 15) is 9.90 Å². The molecule has 5 aromatic rings. The molecule has 40 heavy (non-hydrogen) atoms. The van der Waals surface area contributed by atoms with Crippen molar-refractivity contribution < 1.29 is 14.6 Å². The van der Waals surface area contributed by atoms with Crippen molar-refractivity contribution in [2.75, 3.05) is 12.9 Å². The van der Waals surface area contributed by atoms with Gasteiger partial charge in [-0.15, -0.1) is 10.2 Å². The van der Waals surface area contributed by atoms with Gasteiger partial charge in [0.1, 0.15) is 23.0 Å². The Bertz CT molecular complexity index is 1660. The molecule has 1 aliphatic rings. The summed E-state index contributed by atoms with van der Waals surface area (Å²) >= 11 is 1.37. The second kappa shape index (κ2) is 11.6. The van der Waals surface area contributed by atoms with E-state index in [-0.39, 0.29) is 22.9 Å². The number of fused-ring (bicyclic) bond motifs is 2. The highest BCUT2D eigenvalue weighted by Crippen LogP contribution is 2.35. The van der Waals surface area contributed by atoms with Crippen LogP contribution in [0.5, 0.6) is 0 Å². The van der Waals surface area contributed by atoms with Crippen molar-refractivity contribution in [3.8, 4) is 0 Å². The van der Waals surface area contributed by atoms with E-state index >= 15 is 0 Å². The number of hydrogen-bond donors (Lipinski definition) is 2. The van der Waals surface area contributed by atoms with Gasteiger partial charge in [-0.25, -0.2) is 9.78 Å². The number of aromatic nitrogens is 5. The first kappa shape index (κ1) is 26.1. The van der Waals surface area contributed by atoms with E-state index in [0.29, 0.717) is 18.0 Å². The minimum absolute atomic E-state index is 0.0194. The molecule has 0 saturated heterocycles. The molecule has 1 aliphatic carbocycles. The molecule has 0 spiro atoms. The third-order valence-corrected chi connectivity index (χ3v) is 8.50. The summed E-state index contributed by atoms with van der Waals surface area (Å²) in [5.74, 6) is 0.545. The maximum absolute atomic E-state index is 12.7. The predicted octanol–water partition coefficient (Wildman–Crippen LogP) is 6.64. The van der Waals surface area contributed by atoms with Gasteiger partial charge in [0.05, 0.1) is 23.9 Å². The lowest BCUT2D eigenvalue weighted by Crippen LogP contribution is -2.17. The van der Waals surface area contributed by atoms with E-state index in [1.807, 2.05) is 24.3 Å². The number of H-pyrrole nitrogens is 1. The molecule has 0 unspecified atom stereocenters. The summed E-state index contributed by atoms with van der Waals surface area (Å²) in [6.45, 7) is 0. The van der Waals surface area contributed by atoms with Gasteiger partial charge in [0.25, 0.3) is 0 Å². The summed E-state index contributed by atoms with van der Waals surface area (Å²) in [6, 6.07) is 22.5. The van der Waals surface area contributed by atoms with Crippen LogP contribution in [0.3, 0.4) is 0 Å². The Morgan fingerprint density at radius 3 is 2.62 bits per heavy atom. The summed E-state index contributed by atoms with van der Waals surface area (Å²) in [5.41, 5.74) is 2.70. The van der Waals surface area contributed by atoms with Gasteiger partial charge < -0.3 is 19.4 Å². The number of ether oxygens (including phenoxy) is 1. The number of nitrogens with zero attached hydrogens (tertiary/aromatic N) is 4. The van der Waals surface area contributed by atoms with Crippen molar-refractivity contribution in [3.05, 3.63) is 89.7 Å². The molecule has 0 atom stereocenters.